The summed E-state index contributed by atoms with van der Waals surface area (Å²) in [6.07, 6.45) is 3.38. The molecule has 0 atom stereocenters. The minimum atomic E-state index is -0.216. The van der Waals surface area contributed by atoms with Crippen molar-refractivity contribution in [2.75, 3.05) is 0 Å². The van der Waals surface area contributed by atoms with Crippen LogP contribution in [0.1, 0.15) is 27.7 Å². The number of carbonyl (C=O) groups excluding carboxylic acids is 1. The fraction of sp³-hybridized carbons (Fsp3) is 0.625. The Bertz CT molecular complexity index is 126. The lowest BCUT2D eigenvalue weighted by atomic mass is 9.91. The zero-order chi connectivity index (χ0) is 7.49. The van der Waals surface area contributed by atoms with Crippen LogP contribution in [0.3, 0.4) is 0 Å². The summed E-state index contributed by atoms with van der Waals surface area (Å²) in [4.78, 5) is 11.0. The van der Waals surface area contributed by atoms with Crippen LogP contribution < -0.4 is 0 Å². The Labute approximate surface area is 56.8 Å². The van der Waals surface area contributed by atoms with Crippen LogP contribution in [0.15, 0.2) is 12.2 Å². The average molecular weight is 126 g/mol. The summed E-state index contributed by atoms with van der Waals surface area (Å²) in [7, 11) is 0. The van der Waals surface area contributed by atoms with Gasteiger partial charge in [0.15, 0.2) is 5.78 Å². The maximum absolute atomic E-state index is 11.0. The summed E-state index contributed by atoms with van der Waals surface area (Å²) >= 11 is 0. The van der Waals surface area contributed by atoms with Crippen molar-refractivity contribution in [3.63, 3.8) is 0 Å². The minimum Gasteiger partial charge on any atom is -0.294 e. The first-order valence-electron chi connectivity index (χ1n) is 3.15. The standard InChI is InChI=1S/C8H14O/c1-5-6-7(9)8(2,3)4/h5-6H,1-4H3/b6-5-. The first-order valence-corrected chi connectivity index (χ1v) is 3.15. The van der Waals surface area contributed by atoms with E-state index in [1.807, 2.05) is 27.7 Å². The van der Waals surface area contributed by atoms with Crippen molar-refractivity contribution >= 4 is 5.78 Å². The van der Waals surface area contributed by atoms with Crippen LogP contribution in [0.2, 0.25) is 0 Å². The fourth-order valence-electron chi connectivity index (χ4n) is 0.401. The van der Waals surface area contributed by atoms with E-state index in [-0.39, 0.29) is 11.2 Å². The first-order chi connectivity index (χ1) is 3.98. The molecular formula is C8H14O. The molecule has 0 radical (unpaired) electrons. The predicted molar refractivity (Wildman–Crippen MR) is 39.3 cm³/mol. The SMILES string of the molecule is C/C=C\C(=O)C(C)(C)C. The second-order valence-electron chi connectivity index (χ2n) is 3.11. The van der Waals surface area contributed by atoms with E-state index in [0.717, 1.165) is 0 Å². The summed E-state index contributed by atoms with van der Waals surface area (Å²) in [5, 5.41) is 0. The molecule has 0 aliphatic heterocycles. The predicted octanol–water partition coefficient (Wildman–Crippen LogP) is 2.18. The maximum atomic E-state index is 11.0. The van der Waals surface area contributed by atoms with Crippen molar-refractivity contribution in [2.24, 2.45) is 5.41 Å². The molecule has 1 heteroatoms. The van der Waals surface area contributed by atoms with Gasteiger partial charge < -0.3 is 0 Å². The lowest BCUT2D eigenvalue weighted by Crippen LogP contribution is -2.16. The summed E-state index contributed by atoms with van der Waals surface area (Å²) in [5.74, 6) is 0.185. The van der Waals surface area contributed by atoms with Crippen LogP contribution in [-0.4, -0.2) is 5.78 Å². The first kappa shape index (κ1) is 8.41. The molecule has 0 aromatic rings. The van der Waals surface area contributed by atoms with Gasteiger partial charge in [0.05, 0.1) is 0 Å². The van der Waals surface area contributed by atoms with Gasteiger partial charge in [0.2, 0.25) is 0 Å². The average Bonchev–Trinajstić information content (AvgIpc) is 1.64. The largest absolute Gasteiger partial charge is 0.294 e. The van der Waals surface area contributed by atoms with Crippen molar-refractivity contribution in [1.29, 1.82) is 0 Å². The molecule has 0 heterocycles. The van der Waals surface area contributed by atoms with Gasteiger partial charge in [-0.05, 0) is 13.0 Å². The van der Waals surface area contributed by atoms with Gasteiger partial charge in [-0.15, -0.1) is 0 Å². The molecule has 52 valence electrons. The molecule has 0 aromatic carbocycles. The van der Waals surface area contributed by atoms with E-state index in [1.54, 1.807) is 12.2 Å². The minimum absolute atomic E-state index is 0.185. The van der Waals surface area contributed by atoms with Crippen LogP contribution in [0.25, 0.3) is 0 Å². The van der Waals surface area contributed by atoms with E-state index >= 15 is 0 Å². The van der Waals surface area contributed by atoms with Crippen LogP contribution in [0, 0.1) is 5.41 Å². The Morgan fingerprint density at radius 3 is 1.89 bits per heavy atom. The summed E-state index contributed by atoms with van der Waals surface area (Å²) in [6.45, 7) is 7.59. The Morgan fingerprint density at radius 2 is 1.78 bits per heavy atom. The van der Waals surface area contributed by atoms with E-state index in [2.05, 4.69) is 0 Å². The van der Waals surface area contributed by atoms with Crippen molar-refractivity contribution in [2.45, 2.75) is 27.7 Å². The van der Waals surface area contributed by atoms with Crippen molar-refractivity contribution in [3.05, 3.63) is 12.2 Å². The molecule has 0 bridgehead atoms. The molecule has 0 unspecified atom stereocenters. The highest BCUT2D eigenvalue weighted by atomic mass is 16.1. The van der Waals surface area contributed by atoms with E-state index in [1.165, 1.54) is 0 Å². The number of carbonyl (C=O) groups is 1. The van der Waals surface area contributed by atoms with Gasteiger partial charge in [-0.25, -0.2) is 0 Å². The van der Waals surface area contributed by atoms with Gasteiger partial charge in [-0.2, -0.15) is 0 Å². The highest BCUT2D eigenvalue weighted by Crippen LogP contribution is 2.14. The van der Waals surface area contributed by atoms with Crippen LogP contribution in [0.5, 0.6) is 0 Å². The zero-order valence-electron chi connectivity index (χ0n) is 6.56. The molecule has 0 rings (SSSR count). The third-order valence-electron chi connectivity index (χ3n) is 1.06. The van der Waals surface area contributed by atoms with Crippen LogP contribution >= 0.6 is 0 Å². The molecule has 0 saturated heterocycles. The van der Waals surface area contributed by atoms with Crippen molar-refractivity contribution in [1.82, 2.24) is 0 Å². The third-order valence-corrected chi connectivity index (χ3v) is 1.06. The molecular weight excluding hydrogens is 112 g/mol. The molecule has 0 N–H and O–H groups in total. The second kappa shape index (κ2) is 2.81. The lowest BCUT2D eigenvalue weighted by molar-refractivity contribution is -0.121. The van der Waals surface area contributed by atoms with E-state index < -0.39 is 0 Å². The van der Waals surface area contributed by atoms with Gasteiger partial charge in [0.25, 0.3) is 0 Å². The number of ketones is 1. The number of rotatable bonds is 1. The van der Waals surface area contributed by atoms with Gasteiger partial charge in [-0.1, -0.05) is 26.8 Å². The fourth-order valence-corrected chi connectivity index (χ4v) is 0.401. The topological polar surface area (TPSA) is 17.1 Å². The molecule has 9 heavy (non-hydrogen) atoms. The number of allylic oxidation sites excluding steroid dienone is 2. The Hall–Kier alpha value is -0.590. The third kappa shape index (κ3) is 3.07. The zero-order valence-corrected chi connectivity index (χ0v) is 6.56. The van der Waals surface area contributed by atoms with Crippen molar-refractivity contribution < 1.29 is 4.79 Å². The van der Waals surface area contributed by atoms with E-state index in [4.69, 9.17) is 0 Å². The van der Waals surface area contributed by atoms with Gasteiger partial charge >= 0.3 is 0 Å². The Balaban J connectivity index is 4.06. The smallest absolute Gasteiger partial charge is 0.160 e. The monoisotopic (exact) mass is 126 g/mol. The lowest BCUT2D eigenvalue weighted by Gasteiger charge is -2.12. The number of hydrogen-bond donors (Lipinski definition) is 0. The van der Waals surface area contributed by atoms with Crippen LogP contribution in [-0.2, 0) is 4.79 Å². The maximum Gasteiger partial charge on any atom is 0.160 e. The Morgan fingerprint density at radius 1 is 1.33 bits per heavy atom. The molecule has 0 aromatic heterocycles. The van der Waals surface area contributed by atoms with Gasteiger partial charge in [-0.3, -0.25) is 4.79 Å². The molecule has 0 aliphatic carbocycles. The molecule has 0 aliphatic rings. The van der Waals surface area contributed by atoms with Gasteiger partial charge in [0.1, 0.15) is 0 Å². The molecule has 0 spiro atoms. The second-order valence-corrected chi connectivity index (χ2v) is 3.11. The molecule has 0 saturated carbocycles. The summed E-state index contributed by atoms with van der Waals surface area (Å²) in [5.41, 5.74) is -0.216. The molecule has 0 fully saturated rings. The van der Waals surface area contributed by atoms with E-state index in [0.29, 0.717) is 0 Å². The van der Waals surface area contributed by atoms with E-state index in [9.17, 15) is 4.79 Å². The highest BCUT2D eigenvalue weighted by Gasteiger charge is 2.17. The Kier molecular flexibility index (Phi) is 2.63. The summed E-state index contributed by atoms with van der Waals surface area (Å²) in [6, 6.07) is 0. The van der Waals surface area contributed by atoms with Crippen molar-refractivity contribution in [3.8, 4) is 0 Å². The summed E-state index contributed by atoms with van der Waals surface area (Å²) < 4.78 is 0. The highest BCUT2D eigenvalue weighted by molar-refractivity contribution is 5.93. The molecule has 1 nitrogen and oxygen atoms in total. The normalized spacial score (nSPS) is 12.4. The van der Waals surface area contributed by atoms with Gasteiger partial charge in [0, 0.05) is 5.41 Å². The molecule has 0 amide bonds. The number of hydrogen-bond acceptors (Lipinski definition) is 1. The quantitative estimate of drug-likeness (QED) is 0.492. The van der Waals surface area contributed by atoms with Crippen LogP contribution in [0.4, 0.5) is 0 Å².